The Morgan fingerprint density at radius 3 is 2.76 bits per heavy atom. The minimum atomic E-state index is -4.59. The first-order chi connectivity index (χ1) is 9.88. The summed E-state index contributed by atoms with van der Waals surface area (Å²) in [5, 5.41) is 13.7. The van der Waals surface area contributed by atoms with E-state index in [4.69, 9.17) is 4.74 Å². The molecule has 21 heavy (non-hydrogen) atoms. The fourth-order valence-corrected chi connectivity index (χ4v) is 2.23. The van der Waals surface area contributed by atoms with E-state index in [-0.39, 0.29) is 5.69 Å². The Morgan fingerprint density at radius 2 is 2.19 bits per heavy atom. The predicted octanol–water partition coefficient (Wildman–Crippen LogP) is 3.45. The van der Waals surface area contributed by atoms with E-state index < -0.39 is 22.4 Å². The van der Waals surface area contributed by atoms with Gasteiger partial charge in [-0.15, -0.1) is 0 Å². The maximum absolute atomic E-state index is 12.6. The van der Waals surface area contributed by atoms with Gasteiger partial charge in [0.05, 0.1) is 10.5 Å². The van der Waals surface area contributed by atoms with Gasteiger partial charge in [-0.05, 0) is 30.9 Å². The molecule has 1 aromatic rings. The van der Waals surface area contributed by atoms with E-state index in [9.17, 15) is 23.3 Å². The summed E-state index contributed by atoms with van der Waals surface area (Å²) >= 11 is 0. The van der Waals surface area contributed by atoms with Crippen LogP contribution in [0.1, 0.15) is 18.4 Å². The molecule has 0 aromatic heterocycles. The Hall–Kier alpha value is -1.83. The van der Waals surface area contributed by atoms with Crippen LogP contribution in [0.2, 0.25) is 0 Å². The van der Waals surface area contributed by atoms with Crippen LogP contribution in [-0.4, -0.2) is 24.7 Å². The first kappa shape index (κ1) is 15.6. The molecule has 0 saturated carbocycles. The van der Waals surface area contributed by atoms with E-state index in [1.54, 1.807) is 0 Å². The van der Waals surface area contributed by atoms with Crippen LogP contribution in [0.15, 0.2) is 18.2 Å². The second-order valence-electron chi connectivity index (χ2n) is 4.93. The van der Waals surface area contributed by atoms with Crippen LogP contribution in [0.25, 0.3) is 0 Å². The van der Waals surface area contributed by atoms with E-state index in [0.29, 0.717) is 31.7 Å². The van der Waals surface area contributed by atoms with E-state index in [2.05, 4.69) is 5.32 Å². The van der Waals surface area contributed by atoms with Crippen molar-refractivity contribution >= 4 is 11.4 Å². The van der Waals surface area contributed by atoms with Crippen LogP contribution in [0.5, 0.6) is 0 Å². The second-order valence-corrected chi connectivity index (χ2v) is 4.93. The Kier molecular flexibility index (Phi) is 4.66. The highest BCUT2D eigenvalue weighted by Gasteiger charge is 2.33. The molecule has 0 aliphatic carbocycles. The number of ether oxygens (including phenoxy) is 1. The highest BCUT2D eigenvalue weighted by Crippen LogP contribution is 2.35. The number of rotatable bonds is 5. The minimum Gasteiger partial charge on any atom is -0.381 e. The van der Waals surface area contributed by atoms with Crippen LogP contribution in [0.4, 0.5) is 24.5 Å². The first-order valence-corrected chi connectivity index (χ1v) is 6.55. The molecule has 1 aliphatic heterocycles. The van der Waals surface area contributed by atoms with Gasteiger partial charge < -0.3 is 10.1 Å². The molecule has 0 spiro atoms. The van der Waals surface area contributed by atoms with Crippen molar-refractivity contribution in [1.82, 2.24) is 0 Å². The van der Waals surface area contributed by atoms with Crippen molar-refractivity contribution in [1.29, 1.82) is 0 Å². The van der Waals surface area contributed by atoms with Crippen molar-refractivity contribution in [3.8, 4) is 0 Å². The molecule has 1 aromatic carbocycles. The van der Waals surface area contributed by atoms with E-state index in [1.807, 2.05) is 0 Å². The summed E-state index contributed by atoms with van der Waals surface area (Å²) in [4.78, 5) is 10.1. The summed E-state index contributed by atoms with van der Waals surface area (Å²) in [6, 6.07) is 2.50. The van der Waals surface area contributed by atoms with E-state index >= 15 is 0 Å². The quantitative estimate of drug-likeness (QED) is 0.668. The van der Waals surface area contributed by atoms with Crippen molar-refractivity contribution in [2.45, 2.75) is 19.0 Å². The van der Waals surface area contributed by atoms with Gasteiger partial charge in [0.1, 0.15) is 5.69 Å². The lowest BCUT2D eigenvalue weighted by Crippen LogP contribution is -2.11. The molecule has 1 fully saturated rings. The van der Waals surface area contributed by atoms with Crippen molar-refractivity contribution in [2.24, 2.45) is 5.92 Å². The zero-order valence-electron chi connectivity index (χ0n) is 11.2. The van der Waals surface area contributed by atoms with Gasteiger partial charge in [0.2, 0.25) is 0 Å². The topological polar surface area (TPSA) is 64.4 Å². The zero-order valence-corrected chi connectivity index (χ0v) is 11.2. The lowest BCUT2D eigenvalue weighted by Gasteiger charge is -2.12. The van der Waals surface area contributed by atoms with Crippen molar-refractivity contribution in [3.63, 3.8) is 0 Å². The molecule has 1 heterocycles. The van der Waals surface area contributed by atoms with Gasteiger partial charge >= 0.3 is 6.18 Å². The molecule has 5 nitrogen and oxygen atoms in total. The lowest BCUT2D eigenvalue weighted by molar-refractivity contribution is -0.384. The SMILES string of the molecule is O=[N+]([O-])c1cc(C(F)(F)F)ccc1NCCC1CCOC1. The number of nitrogens with zero attached hydrogens (tertiary/aromatic N) is 1. The summed E-state index contributed by atoms with van der Waals surface area (Å²) < 4.78 is 42.9. The third-order valence-electron chi connectivity index (χ3n) is 3.41. The molecule has 1 atom stereocenters. The molecule has 1 saturated heterocycles. The molecule has 2 rings (SSSR count). The van der Waals surface area contributed by atoms with Crippen molar-refractivity contribution in [3.05, 3.63) is 33.9 Å². The Bertz CT molecular complexity index is 514. The summed E-state index contributed by atoms with van der Waals surface area (Å²) in [5.41, 5.74) is -1.48. The normalized spacial score (nSPS) is 18.7. The molecule has 0 radical (unpaired) electrons. The average Bonchev–Trinajstić information content (AvgIpc) is 2.90. The van der Waals surface area contributed by atoms with E-state index in [1.165, 1.54) is 0 Å². The fourth-order valence-electron chi connectivity index (χ4n) is 2.23. The summed E-state index contributed by atoms with van der Waals surface area (Å²) in [7, 11) is 0. The zero-order chi connectivity index (χ0) is 15.5. The number of alkyl halides is 3. The molecule has 116 valence electrons. The van der Waals surface area contributed by atoms with Crippen LogP contribution < -0.4 is 5.32 Å². The third-order valence-corrected chi connectivity index (χ3v) is 3.41. The van der Waals surface area contributed by atoms with Gasteiger partial charge in [-0.2, -0.15) is 13.2 Å². The van der Waals surface area contributed by atoms with Crippen LogP contribution in [-0.2, 0) is 10.9 Å². The summed E-state index contributed by atoms with van der Waals surface area (Å²) in [5.74, 6) is 0.394. The van der Waals surface area contributed by atoms with Crippen molar-refractivity contribution in [2.75, 3.05) is 25.1 Å². The minimum absolute atomic E-state index is 0.104. The van der Waals surface area contributed by atoms with Gasteiger partial charge in [0, 0.05) is 25.8 Å². The highest BCUT2D eigenvalue weighted by molar-refractivity contribution is 5.62. The molecule has 1 unspecified atom stereocenters. The molecule has 1 N–H and O–H groups in total. The average molecular weight is 304 g/mol. The Morgan fingerprint density at radius 1 is 1.43 bits per heavy atom. The second kappa shape index (κ2) is 6.30. The third kappa shape index (κ3) is 4.07. The maximum atomic E-state index is 12.6. The number of benzene rings is 1. The number of nitro groups is 1. The molecule has 1 aliphatic rings. The van der Waals surface area contributed by atoms with Crippen LogP contribution >= 0.6 is 0 Å². The van der Waals surface area contributed by atoms with Gasteiger partial charge in [-0.3, -0.25) is 10.1 Å². The standard InChI is InChI=1S/C13H15F3N2O3/c14-13(15,16)10-1-2-11(12(7-10)18(19)20)17-5-3-9-4-6-21-8-9/h1-2,7,9,17H,3-6,8H2. The monoisotopic (exact) mass is 304 g/mol. The number of anilines is 1. The summed E-state index contributed by atoms with van der Waals surface area (Å²) in [6.07, 6.45) is -2.89. The van der Waals surface area contributed by atoms with Gasteiger partial charge in [-0.1, -0.05) is 0 Å². The number of halogens is 3. The smallest absolute Gasteiger partial charge is 0.381 e. The van der Waals surface area contributed by atoms with Gasteiger partial charge in [-0.25, -0.2) is 0 Å². The predicted molar refractivity (Wildman–Crippen MR) is 70.1 cm³/mol. The molecular weight excluding hydrogens is 289 g/mol. The lowest BCUT2D eigenvalue weighted by atomic mass is 10.1. The largest absolute Gasteiger partial charge is 0.416 e. The Labute approximate surface area is 119 Å². The highest BCUT2D eigenvalue weighted by atomic mass is 19.4. The Balaban J connectivity index is 2.05. The number of hydrogen-bond acceptors (Lipinski definition) is 4. The van der Waals surface area contributed by atoms with Crippen molar-refractivity contribution < 1.29 is 22.8 Å². The summed E-state index contributed by atoms with van der Waals surface area (Å²) in [6.45, 7) is 1.84. The van der Waals surface area contributed by atoms with Gasteiger partial charge in [0.25, 0.3) is 5.69 Å². The first-order valence-electron chi connectivity index (χ1n) is 6.55. The van der Waals surface area contributed by atoms with Gasteiger partial charge in [0.15, 0.2) is 0 Å². The fraction of sp³-hybridized carbons (Fsp3) is 0.538. The molecule has 8 heteroatoms. The van der Waals surface area contributed by atoms with Crippen LogP contribution in [0.3, 0.4) is 0 Å². The van der Waals surface area contributed by atoms with E-state index in [0.717, 1.165) is 25.0 Å². The molecule has 0 bridgehead atoms. The van der Waals surface area contributed by atoms with Crippen LogP contribution in [0, 0.1) is 16.0 Å². The molecular formula is C13H15F3N2O3. The maximum Gasteiger partial charge on any atom is 0.416 e. The molecule has 0 amide bonds. The number of nitro benzene ring substituents is 1. The number of nitrogens with one attached hydrogen (secondary N) is 1. The number of hydrogen-bond donors (Lipinski definition) is 1.